The van der Waals surface area contributed by atoms with E-state index in [1.807, 2.05) is 32.3 Å². The first kappa shape index (κ1) is 29.1. The molecule has 0 atom stereocenters. The molecule has 9 nitrogen and oxygen atoms in total. The van der Waals surface area contributed by atoms with Crippen LogP contribution < -0.4 is 15.8 Å². The van der Waals surface area contributed by atoms with E-state index in [4.69, 9.17) is 10.8 Å². The van der Waals surface area contributed by atoms with Crippen molar-refractivity contribution in [1.29, 1.82) is 10.8 Å². The number of aryl methyl sites for hydroxylation is 1. The Morgan fingerprint density at radius 1 is 1.21 bits per heavy atom. The fourth-order valence-corrected chi connectivity index (χ4v) is 5.64. The maximum absolute atomic E-state index is 13.7. The number of anilines is 2. The molecule has 9 heteroatoms. The summed E-state index contributed by atoms with van der Waals surface area (Å²) in [5.41, 5.74) is 2.55. The molecule has 1 saturated carbocycles. The molecule has 206 valence electrons. The number of pyridine rings is 1. The Morgan fingerprint density at radius 3 is 2.42 bits per heavy atom. The number of hydrogen-bond acceptors (Lipinski definition) is 6. The predicted molar refractivity (Wildman–Crippen MR) is 156 cm³/mol. The molecule has 38 heavy (non-hydrogen) atoms. The van der Waals surface area contributed by atoms with Gasteiger partial charge in [-0.2, -0.15) is 0 Å². The number of carbonyl (C=O) groups is 1. The first-order valence-corrected chi connectivity index (χ1v) is 13.1. The molecule has 0 aliphatic heterocycles. The highest BCUT2D eigenvalue weighted by Crippen LogP contribution is 2.50. The summed E-state index contributed by atoms with van der Waals surface area (Å²) in [5, 5.41) is 19.7. The van der Waals surface area contributed by atoms with Crippen molar-refractivity contribution in [2.75, 3.05) is 45.0 Å². The number of amides is 1. The van der Waals surface area contributed by atoms with Crippen LogP contribution in [0.25, 0.3) is 0 Å². The number of likely N-dealkylation sites (N-methyl/N-ethyl adjacent to an activating group) is 1. The summed E-state index contributed by atoms with van der Waals surface area (Å²) in [6.07, 6.45) is 4.54. The largest absolute Gasteiger partial charge is 0.388 e. The van der Waals surface area contributed by atoms with Crippen molar-refractivity contribution >= 4 is 29.5 Å². The Bertz CT molecular complexity index is 1260. The highest BCUT2D eigenvalue weighted by atomic mass is 16.2. The molecule has 1 aliphatic carbocycles. The first-order chi connectivity index (χ1) is 17.8. The first-order valence-electron chi connectivity index (χ1n) is 13.1. The van der Waals surface area contributed by atoms with Gasteiger partial charge in [0.05, 0.1) is 11.8 Å². The van der Waals surface area contributed by atoms with Gasteiger partial charge in [-0.3, -0.25) is 20.4 Å². The summed E-state index contributed by atoms with van der Waals surface area (Å²) in [6.45, 7) is 8.03. The van der Waals surface area contributed by atoms with Gasteiger partial charge >= 0.3 is 0 Å². The van der Waals surface area contributed by atoms with Crippen LogP contribution in [0.15, 0.2) is 35.3 Å². The third-order valence-corrected chi connectivity index (χ3v) is 7.44. The molecular formula is C29H43N7O2. The number of rotatable bonds is 10. The highest BCUT2D eigenvalue weighted by Gasteiger charge is 2.48. The summed E-state index contributed by atoms with van der Waals surface area (Å²) in [4.78, 5) is 32.0. The zero-order valence-electron chi connectivity index (χ0n) is 24.1. The van der Waals surface area contributed by atoms with Gasteiger partial charge in [0.15, 0.2) is 0 Å². The van der Waals surface area contributed by atoms with Crippen molar-refractivity contribution in [2.24, 2.45) is 18.9 Å². The minimum absolute atomic E-state index is 0.130. The van der Waals surface area contributed by atoms with Gasteiger partial charge in [0.25, 0.3) is 11.5 Å². The molecule has 1 aromatic heterocycles. The lowest BCUT2D eigenvalue weighted by Gasteiger charge is -2.49. The van der Waals surface area contributed by atoms with Crippen molar-refractivity contribution in [3.8, 4) is 0 Å². The molecule has 1 aliphatic rings. The number of amidine groups is 1. The van der Waals surface area contributed by atoms with E-state index in [0.29, 0.717) is 29.9 Å². The predicted octanol–water partition coefficient (Wildman–Crippen LogP) is 3.98. The lowest BCUT2D eigenvalue weighted by Crippen LogP contribution is -2.52. The van der Waals surface area contributed by atoms with Crippen LogP contribution >= 0.6 is 0 Å². The van der Waals surface area contributed by atoms with Crippen LogP contribution in [-0.2, 0) is 19.0 Å². The van der Waals surface area contributed by atoms with Crippen molar-refractivity contribution in [2.45, 2.75) is 45.6 Å². The summed E-state index contributed by atoms with van der Waals surface area (Å²) in [5.74, 6) is 0.956. The third kappa shape index (κ3) is 5.83. The zero-order valence-corrected chi connectivity index (χ0v) is 24.1. The van der Waals surface area contributed by atoms with Crippen molar-refractivity contribution in [3.63, 3.8) is 0 Å². The average molecular weight is 522 g/mol. The van der Waals surface area contributed by atoms with Crippen LogP contribution in [0.1, 0.15) is 55.1 Å². The van der Waals surface area contributed by atoms with Gasteiger partial charge in [-0.25, -0.2) is 0 Å². The number of carbonyl (C=O) groups excluding carboxylic acids is 1. The summed E-state index contributed by atoms with van der Waals surface area (Å²) in [6, 6.07) is 7.56. The van der Waals surface area contributed by atoms with Crippen molar-refractivity contribution < 1.29 is 4.79 Å². The molecule has 1 heterocycles. The fraction of sp³-hybridized carbons (Fsp3) is 0.517. The number of nitrogens with one attached hydrogen (secondary N) is 3. The molecule has 1 amide bonds. The molecule has 3 rings (SSSR count). The second-order valence-corrected chi connectivity index (χ2v) is 11.3. The van der Waals surface area contributed by atoms with E-state index in [1.54, 1.807) is 33.4 Å². The minimum Gasteiger partial charge on any atom is -0.388 e. The van der Waals surface area contributed by atoms with Gasteiger partial charge in [0.1, 0.15) is 11.4 Å². The van der Waals surface area contributed by atoms with Gasteiger partial charge in [-0.15, -0.1) is 0 Å². The van der Waals surface area contributed by atoms with Crippen LogP contribution in [0, 0.1) is 22.7 Å². The summed E-state index contributed by atoms with van der Waals surface area (Å²) >= 11 is 0. The Morgan fingerprint density at radius 2 is 1.87 bits per heavy atom. The average Bonchev–Trinajstić information content (AvgIpc) is 2.85. The van der Waals surface area contributed by atoms with E-state index in [0.717, 1.165) is 42.5 Å². The molecule has 1 fully saturated rings. The number of benzene rings is 1. The van der Waals surface area contributed by atoms with E-state index in [1.165, 1.54) is 14.4 Å². The van der Waals surface area contributed by atoms with Gasteiger partial charge < -0.3 is 24.6 Å². The minimum atomic E-state index is -0.533. The fourth-order valence-electron chi connectivity index (χ4n) is 5.64. The molecular weight excluding hydrogens is 478 g/mol. The molecule has 1 aromatic carbocycles. The Labute approximate surface area is 226 Å². The lowest BCUT2D eigenvalue weighted by atomic mass is 9.58. The third-order valence-electron chi connectivity index (χ3n) is 7.44. The van der Waals surface area contributed by atoms with Crippen LogP contribution in [0.4, 0.5) is 11.4 Å². The van der Waals surface area contributed by atoms with Gasteiger partial charge in [0.2, 0.25) is 0 Å². The highest BCUT2D eigenvalue weighted by molar-refractivity contribution is 6.06. The molecule has 0 radical (unpaired) electrons. The number of nitrogens with zero attached hydrogens (tertiary/aromatic N) is 4. The Kier molecular flexibility index (Phi) is 8.82. The summed E-state index contributed by atoms with van der Waals surface area (Å²) in [7, 11) is 8.94. The number of aromatic nitrogens is 1. The van der Waals surface area contributed by atoms with E-state index in [2.05, 4.69) is 31.0 Å². The molecule has 0 spiro atoms. The SMILES string of the molecule is CNc1cc(N(C)C(=O)c2cc(CN(C)CC(C)C)cn(C)c2=O)cc(C2(C(=N)N(C)C=N)CC(C)C2)c1. The normalized spacial score (nSPS) is 18.7. The van der Waals surface area contributed by atoms with E-state index in [-0.39, 0.29) is 17.0 Å². The van der Waals surface area contributed by atoms with Gasteiger partial charge in [-0.05, 0) is 67.1 Å². The Hall–Kier alpha value is -3.46. The van der Waals surface area contributed by atoms with Gasteiger partial charge in [0, 0.05) is 58.9 Å². The van der Waals surface area contributed by atoms with Crippen molar-refractivity contribution in [3.05, 3.63) is 57.5 Å². The van der Waals surface area contributed by atoms with E-state index < -0.39 is 5.41 Å². The van der Waals surface area contributed by atoms with Crippen LogP contribution in [0.2, 0.25) is 0 Å². The second kappa shape index (κ2) is 11.5. The maximum atomic E-state index is 13.7. The molecule has 0 unspecified atom stereocenters. The smallest absolute Gasteiger partial charge is 0.263 e. The van der Waals surface area contributed by atoms with Crippen LogP contribution in [-0.4, -0.2) is 67.2 Å². The lowest BCUT2D eigenvalue weighted by molar-refractivity contribution is 0.0990. The van der Waals surface area contributed by atoms with E-state index in [9.17, 15) is 9.59 Å². The molecule has 3 N–H and O–H groups in total. The van der Waals surface area contributed by atoms with Gasteiger partial charge in [-0.1, -0.05) is 20.8 Å². The van der Waals surface area contributed by atoms with Crippen LogP contribution in [0.3, 0.4) is 0 Å². The van der Waals surface area contributed by atoms with E-state index >= 15 is 0 Å². The molecule has 2 aromatic rings. The second-order valence-electron chi connectivity index (χ2n) is 11.3. The quantitative estimate of drug-likeness (QED) is 0.324. The standard InChI is InChI=1S/C29H43N7O2/c1-19(2)15-33(5)16-21-9-25(26(37)34(6)17-21)27(38)36(8)24-11-22(10-23(12-24)32-4)29(13-20(3)14-29)28(31)35(7)18-30/h9-12,17-20,30-32H,13-16H2,1-8H3. The topological polar surface area (TPSA) is 109 Å². The van der Waals surface area contributed by atoms with Crippen molar-refractivity contribution in [1.82, 2.24) is 14.4 Å². The zero-order chi connectivity index (χ0) is 28.4. The molecule has 0 saturated heterocycles. The maximum Gasteiger partial charge on any atom is 0.263 e. The van der Waals surface area contributed by atoms with Crippen LogP contribution in [0.5, 0.6) is 0 Å². The Balaban J connectivity index is 2.01. The summed E-state index contributed by atoms with van der Waals surface area (Å²) < 4.78 is 1.48. The number of hydrogen-bond donors (Lipinski definition) is 3. The molecule has 0 bridgehead atoms. The monoisotopic (exact) mass is 521 g/mol.